The Labute approximate surface area is 194 Å². The van der Waals surface area contributed by atoms with Crippen molar-refractivity contribution in [3.05, 3.63) is 59.7 Å². The maximum Gasteiger partial charge on any atom is 0.407 e. The van der Waals surface area contributed by atoms with Gasteiger partial charge in [0, 0.05) is 24.9 Å². The van der Waals surface area contributed by atoms with Gasteiger partial charge in [0.1, 0.15) is 6.61 Å². The molecule has 0 bridgehead atoms. The van der Waals surface area contributed by atoms with Gasteiger partial charge in [-0.05, 0) is 41.5 Å². The maximum atomic E-state index is 12.6. The van der Waals surface area contributed by atoms with Crippen molar-refractivity contribution < 1.29 is 24.2 Å². The molecule has 0 radical (unpaired) electrons. The lowest BCUT2D eigenvalue weighted by Crippen LogP contribution is -2.43. The predicted octanol–water partition coefficient (Wildman–Crippen LogP) is 4.31. The average Bonchev–Trinajstić information content (AvgIpc) is 3.14. The van der Waals surface area contributed by atoms with Crippen molar-refractivity contribution >= 4 is 18.0 Å². The molecule has 2 amide bonds. The Balaban J connectivity index is 1.51. The molecule has 0 saturated heterocycles. The van der Waals surface area contributed by atoms with Crippen LogP contribution in [0.3, 0.4) is 0 Å². The minimum Gasteiger partial charge on any atom is -0.481 e. The summed E-state index contributed by atoms with van der Waals surface area (Å²) < 4.78 is 5.53. The van der Waals surface area contributed by atoms with Crippen LogP contribution < -0.4 is 10.6 Å². The smallest absolute Gasteiger partial charge is 0.407 e. The molecule has 1 aliphatic rings. The lowest BCUT2D eigenvalue weighted by Gasteiger charge is -2.21. The first-order chi connectivity index (χ1) is 15.9. The van der Waals surface area contributed by atoms with Crippen molar-refractivity contribution in [2.75, 3.05) is 13.2 Å². The van der Waals surface area contributed by atoms with Crippen molar-refractivity contribution in [1.82, 2.24) is 10.6 Å². The lowest BCUT2D eigenvalue weighted by atomic mass is 9.98. The Morgan fingerprint density at radius 3 is 2.12 bits per heavy atom. The third-order valence-electron chi connectivity index (χ3n) is 6.25. The standard InChI is InChI=1S/C26H32N2O5/c1-3-17(25(31)28-18(4-2)13-14-24(29)30)15-27-26(32)33-16-23-21-11-7-5-9-19(21)20-10-6-8-12-22(20)23/h5-12,17-18,23H,3-4,13-16H2,1-2H3,(H,27,32)(H,28,31)(H,29,30). The number of carbonyl (C=O) groups excluding carboxylic acids is 2. The van der Waals surface area contributed by atoms with Gasteiger partial charge in [-0.15, -0.1) is 0 Å². The summed E-state index contributed by atoms with van der Waals surface area (Å²) in [4.78, 5) is 35.8. The minimum atomic E-state index is -0.883. The summed E-state index contributed by atoms with van der Waals surface area (Å²) >= 11 is 0. The molecule has 2 unspecified atom stereocenters. The fourth-order valence-electron chi connectivity index (χ4n) is 4.27. The normalized spacial score (nSPS) is 14.0. The summed E-state index contributed by atoms with van der Waals surface area (Å²) in [5.41, 5.74) is 4.62. The van der Waals surface area contributed by atoms with Crippen LogP contribution in [0.15, 0.2) is 48.5 Å². The fourth-order valence-corrected chi connectivity index (χ4v) is 4.27. The van der Waals surface area contributed by atoms with Gasteiger partial charge in [0.05, 0.1) is 5.92 Å². The van der Waals surface area contributed by atoms with Crippen LogP contribution in [0.5, 0.6) is 0 Å². The number of hydrogen-bond donors (Lipinski definition) is 3. The van der Waals surface area contributed by atoms with E-state index in [9.17, 15) is 14.4 Å². The first kappa shape index (κ1) is 24.3. The van der Waals surface area contributed by atoms with Crippen molar-refractivity contribution in [2.45, 2.75) is 51.5 Å². The van der Waals surface area contributed by atoms with Crippen molar-refractivity contribution in [3.63, 3.8) is 0 Å². The molecule has 0 fully saturated rings. The number of rotatable bonds is 11. The zero-order chi connectivity index (χ0) is 23.8. The molecule has 0 heterocycles. The predicted molar refractivity (Wildman–Crippen MR) is 126 cm³/mol. The highest BCUT2D eigenvalue weighted by Gasteiger charge is 2.29. The molecule has 2 atom stereocenters. The summed E-state index contributed by atoms with van der Waals surface area (Å²) in [6.45, 7) is 4.16. The zero-order valence-electron chi connectivity index (χ0n) is 19.2. The van der Waals surface area contributed by atoms with Crippen LogP contribution in [-0.4, -0.2) is 42.3 Å². The molecule has 7 nitrogen and oxygen atoms in total. The van der Waals surface area contributed by atoms with Gasteiger partial charge in [-0.3, -0.25) is 9.59 Å². The van der Waals surface area contributed by atoms with Crippen molar-refractivity contribution in [1.29, 1.82) is 0 Å². The molecule has 0 spiro atoms. The number of carboxylic acid groups (broad SMARTS) is 1. The molecule has 33 heavy (non-hydrogen) atoms. The number of benzene rings is 2. The number of hydrogen-bond acceptors (Lipinski definition) is 4. The van der Waals surface area contributed by atoms with E-state index in [2.05, 4.69) is 34.9 Å². The first-order valence-electron chi connectivity index (χ1n) is 11.6. The summed E-state index contributed by atoms with van der Waals surface area (Å²) in [6.07, 6.45) is 1.03. The number of ether oxygens (including phenoxy) is 1. The van der Waals surface area contributed by atoms with Gasteiger partial charge in [0.15, 0.2) is 0 Å². The van der Waals surface area contributed by atoms with Gasteiger partial charge < -0.3 is 20.5 Å². The third kappa shape index (κ3) is 6.12. The Kier molecular flexibility index (Phi) is 8.46. The van der Waals surface area contributed by atoms with Gasteiger partial charge >= 0.3 is 12.1 Å². The highest BCUT2D eigenvalue weighted by atomic mass is 16.5. The van der Waals surface area contributed by atoms with Crippen LogP contribution in [0.25, 0.3) is 11.1 Å². The molecule has 0 saturated carbocycles. The second kappa shape index (κ2) is 11.5. The number of aliphatic carboxylic acids is 1. The number of amides is 2. The van der Waals surface area contributed by atoms with E-state index in [0.717, 1.165) is 11.1 Å². The Hall–Kier alpha value is -3.35. The van der Waals surface area contributed by atoms with E-state index in [1.54, 1.807) is 0 Å². The highest BCUT2D eigenvalue weighted by Crippen LogP contribution is 2.44. The second-order valence-corrected chi connectivity index (χ2v) is 8.36. The van der Waals surface area contributed by atoms with Crippen LogP contribution >= 0.6 is 0 Å². The van der Waals surface area contributed by atoms with E-state index >= 15 is 0 Å². The first-order valence-corrected chi connectivity index (χ1v) is 11.6. The maximum absolute atomic E-state index is 12.6. The molecule has 7 heteroatoms. The second-order valence-electron chi connectivity index (χ2n) is 8.36. The molecule has 3 rings (SSSR count). The molecule has 176 valence electrons. The molecule has 2 aromatic rings. The van der Waals surface area contributed by atoms with E-state index in [0.29, 0.717) is 19.3 Å². The van der Waals surface area contributed by atoms with Crippen molar-refractivity contribution in [3.8, 4) is 11.1 Å². The number of nitrogens with one attached hydrogen (secondary N) is 2. The SMILES string of the molecule is CCC(CCC(=O)O)NC(=O)C(CC)CNC(=O)OCC1c2ccccc2-c2ccccc21. The monoisotopic (exact) mass is 452 g/mol. The third-order valence-corrected chi connectivity index (χ3v) is 6.25. The summed E-state index contributed by atoms with van der Waals surface area (Å²) in [7, 11) is 0. The van der Waals surface area contributed by atoms with Crippen molar-refractivity contribution in [2.24, 2.45) is 5.92 Å². The molecule has 2 aromatic carbocycles. The van der Waals surface area contributed by atoms with Gasteiger partial charge in [0.2, 0.25) is 5.91 Å². The number of carboxylic acids is 1. The summed E-state index contributed by atoms with van der Waals surface area (Å²) in [5, 5.41) is 14.5. The van der Waals surface area contributed by atoms with E-state index in [4.69, 9.17) is 9.84 Å². The molecular formula is C26H32N2O5. The van der Waals surface area contributed by atoms with Crippen LogP contribution in [0.4, 0.5) is 4.79 Å². The minimum absolute atomic E-state index is 0.00752. The van der Waals surface area contributed by atoms with E-state index in [1.165, 1.54) is 11.1 Å². The van der Waals surface area contributed by atoms with Crippen LogP contribution in [0.2, 0.25) is 0 Å². The highest BCUT2D eigenvalue weighted by molar-refractivity contribution is 5.80. The Morgan fingerprint density at radius 1 is 0.970 bits per heavy atom. The molecule has 0 aliphatic heterocycles. The summed E-state index contributed by atoms with van der Waals surface area (Å²) in [6, 6.07) is 16.1. The van der Waals surface area contributed by atoms with Crippen LogP contribution in [0, 0.1) is 5.92 Å². The van der Waals surface area contributed by atoms with Gasteiger partial charge in [-0.2, -0.15) is 0 Å². The van der Waals surface area contributed by atoms with E-state index in [1.807, 2.05) is 38.1 Å². The number of carbonyl (C=O) groups is 3. The lowest BCUT2D eigenvalue weighted by molar-refractivity contribution is -0.137. The molecule has 1 aliphatic carbocycles. The van der Waals surface area contributed by atoms with Gasteiger partial charge in [-0.1, -0.05) is 62.4 Å². The van der Waals surface area contributed by atoms with Crippen LogP contribution in [-0.2, 0) is 14.3 Å². The molecule has 3 N–H and O–H groups in total. The largest absolute Gasteiger partial charge is 0.481 e. The zero-order valence-corrected chi connectivity index (χ0v) is 19.2. The average molecular weight is 453 g/mol. The van der Waals surface area contributed by atoms with Crippen LogP contribution in [0.1, 0.15) is 56.6 Å². The number of alkyl carbamates (subject to hydrolysis) is 1. The van der Waals surface area contributed by atoms with E-state index in [-0.39, 0.29) is 37.4 Å². The van der Waals surface area contributed by atoms with Gasteiger partial charge in [-0.25, -0.2) is 4.79 Å². The quantitative estimate of drug-likeness (QED) is 0.471. The molecular weight excluding hydrogens is 420 g/mol. The molecule has 0 aromatic heterocycles. The Bertz CT molecular complexity index is 945. The Morgan fingerprint density at radius 2 is 1.58 bits per heavy atom. The topological polar surface area (TPSA) is 105 Å². The summed E-state index contributed by atoms with van der Waals surface area (Å²) in [5.74, 6) is -1.50. The van der Waals surface area contributed by atoms with Gasteiger partial charge in [0.25, 0.3) is 0 Å². The number of fused-ring (bicyclic) bond motifs is 3. The fraction of sp³-hybridized carbons (Fsp3) is 0.423. The van der Waals surface area contributed by atoms with E-state index < -0.39 is 18.0 Å².